The van der Waals surface area contributed by atoms with Crippen LogP contribution in [0.5, 0.6) is 0 Å². The maximum atomic E-state index is 11.4. The maximum Gasteiger partial charge on any atom is 0.364 e. The first-order valence-corrected chi connectivity index (χ1v) is 7.31. The van der Waals surface area contributed by atoms with Crippen molar-refractivity contribution in [3.8, 4) is 0 Å². The third kappa shape index (κ3) is 2.96. The molecule has 0 spiro atoms. The second-order valence-electron chi connectivity index (χ2n) is 5.90. The van der Waals surface area contributed by atoms with Crippen LogP contribution in [0.1, 0.15) is 51.4 Å². The molecule has 6 heteroatoms. The Morgan fingerprint density at radius 1 is 1.00 bits per heavy atom. The molecule has 0 aromatic heterocycles. The van der Waals surface area contributed by atoms with E-state index in [1.54, 1.807) is 0 Å². The van der Waals surface area contributed by atoms with Crippen molar-refractivity contribution in [1.82, 2.24) is 0 Å². The zero-order valence-electron chi connectivity index (χ0n) is 11.5. The summed E-state index contributed by atoms with van der Waals surface area (Å²) in [5, 5.41) is 29.0. The highest BCUT2D eigenvalue weighted by atomic mass is 16.7. The summed E-state index contributed by atoms with van der Waals surface area (Å²) < 4.78 is 5.26. The van der Waals surface area contributed by atoms with Crippen molar-refractivity contribution in [2.45, 2.75) is 63.3 Å². The van der Waals surface area contributed by atoms with Crippen LogP contribution in [0.15, 0.2) is 0 Å². The Labute approximate surface area is 117 Å². The molecule has 2 atom stereocenters. The van der Waals surface area contributed by atoms with Crippen molar-refractivity contribution >= 4 is 11.9 Å². The predicted molar refractivity (Wildman–Crippen MR) is 69.0 cm³/mol. The van der Waals surface area contributed by atoms with E-state index >= 15 is 0 Å². The Hall–Kier alpha value is -1.14. The van der Waals surface area contributed by atoms with Crippen LogP contribution < -0.4 is 0 Å². The first-order chi connectivity index (χ1) is 9.45. The average Bonchev–Trinajstić information content (AvgIpc) is 2.36. The van der Waals surface area contributed by atoms with E-state index in [9.17, 15) is 24.9 Å². The third-order valence-corrected chi connectivity index (χ3v) is 4.59. The molecule has 0 heterocycles. The van der Waals surface area contributed by atoms with Gasteiger partial charge in [-0.05, 0) is 31.6 Å². The lowest BCUT2D eigenvalue weighted by Crippen LogP contribution is -2.54. The van der Waals surface area contributed by atoms with Gasteiger partial charge < -0.3 is 20.1 Å². The number of carbonyl (C=O) groups is 2. The molecule has 2 rings (SSSR count). The summed E-state index contributed by atoms with van der Waals surface area (Å²) in [7, 11) is 0. The highest BCUT2D eigenvalue weighted by molar-refractivity contribution is 5.78. The Morgan fingerprint density at radius 2 is 1.60 bits per heavy atom. The molecule has 2 aliphatic carbocycles. The molecule has 0 amide bonds. The molecule has 0 radical (unpaired) electrons. The Kier molecular flexibility index (Phi) is 4.65. The van der Waals surface area contributed by atoms with Gasteiger partial charge in [0.05, 0.1) is 0 Å². The number of hydrogen-bond donors (Lipinski definition) is 3. The van der Waals surface area contributed by atoms with Gasteiger partial charge in [0.25, 0.3) is 5.79 Å². The molecule has 2 aliphatic rings. The molecule has 0 aromatic rings. The number of ether oxygens (including phenoxy) is 1. The van der Waals surface area contributed by atoms with Crippen LogP contribution in [0.2, 0.25) is 0 Å². The summed E-state index contributed by atoms with van der Waals surface area (Å²) >= 11 is 0. The van der Waals surface area contributed by atoms with Crippen molar-refractivity contribution in [2.75, 3.05) is 0 Å². The maximum absolute atomic E-state index is 11.4. The average molecular weight is 286 g/mol. The lowest BCUT2D eigenvalue weighted by atomic mass is 9.79. The van der Waals surface area contributed by atoms with Crippen LogP contribution in [-0.4, -0.2) is 39.1 Å². The van der Waals surface area contributed by atoms with Gasteiger partial charge in [-0.2, -0.15) is 0 Å². The van der Waals surface area contributed by atoms with Crippen molar-refractivity contribution in [3.63, 3.8) is 0 Å². The quantitative estimate of drug-likeness (QED) is 0.641. The fourth-order valence-corrected chi connectivity index (χ4v) is 3.10. The minimum Gasteiger partial charge on any atom is -0.479 e. The first-order valence-electron chi connectivity index (χ1n) is 7.31. The number of hydrogen-bond acceptors (Lipinski definition) is 4. The summed E-state index contributed by atoms with van der Waals surface area (Å²) in [5.74, 6) is -5.77. The molecule has 0 bridgehead atoms. The van der Waals surface area contributed by atoms with Gasteiger partial charge in [-0.3, -0.25) is 0 Å². The summed E-state index contributed by atoms with van der Waals surface area (Å²) in [6.45, 7) is 0. The lowest BCUT2D eigenvalue weighted by Gasteiger charge is -2.39. The highest BCUT2D eigenvalue weighted by Gasteiger charge is 2.50. The van der Waals surface area contributed by atoms with Crippen LogP contribution in [0, 0.1) is 11.8 Å². The van der Waals surface area contributed by atoms with Crippen molar-refractivity contribution in [1.29, 1.82) is 0 Å². The third-order valence-electron chi connectivity index (χ3n) is 4.59. The van der Waals surface area contributed by atoms with E-state index in [-0.39, 0.29) is 5.92 Å². The van der Waals surface area contributed by atoms with Gasteiger partial charge in [-0.1, -0.05) is 25.7 Å². The molecule has 0 aliphatic heterocycles. The molecule has 114 valence electrons. The van der Waals surface area contributed by atoms with E-state index in [1.165, 1.54) is 0 Å². The molecule has 20 heavy (non-hydrogen) atoms. The summed E-state index contributed by atoms with van der Waals surface area (Å²) in [6.07, 6.45) is 4.90. The first kappa shape index (κ1) is 15.3. The largest absolute Gasteiger partial charge is 0.479 e. The van der Waals surface area contributed by atoms with Crippen molar-refractivity contribution in [3.05, 3.63) is 0 Å². The molecular formula is C14H22O6. The Morgan fingerprint density at radius 3 is 2.00 bits per heavy atom. The zero-order valence-corrected chi connectivity index (χ0v) is 11.5. The van der Waals surface area contributed by atoms with E-state index in [2.05, 4.69) is 0 Å². The van der Waals surface area contributed by atoms with E-state index in [4.69, 9.17) is 4.74 Å². The highest BCUT2D eigenvalue weighted by Crippen LogP contribution is 2.38. The normalized spacial score (nSPS) is 25.4. The van der Waals surface area contributed by atoms with Crippen LogP contribution in [-0.2, 0) is 14.3 Å². The molecule has 6 nitrogen and oxygen atoms in total. The number of aliphatic carboxylic acids is 2. The molecule has 3 N–H and O–H groups in total. The standard InChI is InChI=1S/C14H22O6/c15-12(16)11(9-5-4-6-9)20-14(19,13(17)18)10-7-2-1-3-8-10/h9-11,19H,1-8H2,(H,15,16)(H,17,18). The van der Waals surface area contributed by atoms with Gasteiger partial charge in [0.15, 0.2) is 6.10 Å². The molecule has 2 saturated carbocycles. The number of aliphatic hydroxyl groups is 1. The van der Waals surface area contributed by atoms with Gasteiger partial charge in [0, 0.05) is 5.92 Å². The lowest BCUT2D eigenvalue weighted by molar-refractivity contribution is -0.273. The minimum atomic E-state index is -2.38. The van der Waals surface area contributed by atoms with Gasteiger partial charge in [0.1, 0.15) is 0 Å². The number of carboxylic acid groups (broad SMARTS) is 2. The van der Waals surface area contributed by atoms with E-state index in [0.717, 1.165) is 25.7 Å². The number of rotatable bonds is 6. The summed E-state index contributed by atoms with van der Waals surface area (Å²) in [4.78, 5) is 22.7. The smallest absolute Gasteiger partial charge is 0.364 e. The van der Waals surface area contributed by atoms with Crippen LogP contribution in [0.25, 0.3) is 0 Å². The van der Waals surface area contributed by atoms with Crippen LogP contribution >= 0.6 is 0 Å². The summed E-state index contributed by atoms with van der Waals surface area (Å²) in [6, 6.07) is 0. The van der Waals surface area contributed by atoms with Gasteiger partial charge in [-0.25, -0.2) is 9.59 Å². The van der Waals surface area contributed by atoms with Gasteiger partial charge >= 0.3 is 11.9 Å². The van der Waals surface area contributed by atoms with E-state index < -0.39 is 29.7 Å². The second kappa shape index (κ2) is 6.10. The fourth-order valence-electron chi connectivity index (χ4n) is 3.10. The zero-order chi connectivity index (χ0) is 14.8. The fraction of sp³-hybridized carbons (Fsp3) is 0.857. The Balaban J connectivity index is 2.13. The Bertz CT molecular complexity index is 372. The van der Waals surface area contributed by atoms with Crippen LogP contribution in [0.4, 0.5) is 0 Å². The minimum absolute atomic E-state index is 0.193. The van der Waals surface area contributed by atoms with Gasteiger partial charge in [0.2, 0.25) is 0 Å². The summed E-state index contributed by atoms with van der Waals surface area (Å²) in [5.41, 5.74) is 0. The van der Waals surface area contributed by atoms with Crippen LogP contribution in [0.3, 0.4) is 0 Å². The predicted octanol–water partition coefficient (Wildman–Crippen LogP) is 1.61. The topological polar surface area (TPSA) is 104 Å². The van der Waals surface area contributed by atoms with Crippen molar-refractivity contribution in [2.24, 2.45) is 11.8 Å². The molecular weight excluding hydrogens is 264 g/mol. The molecule has 2 fully saturated rings. The molecule has 2 unspecified atom stereocenters. The van der Waals surface area contributed by atoms with E-state index in [1.807, 2.05) is 0 Å². The molecule has 0 aromatic carbocycles. The second-order valence-corrected chi connectivity index (χ2v) is 5.90. The SMILES string of the molecule is O=C(O)C(OC(O)(C(=O)O)C1CCCCC1)C1CCC1. The van der Waals surface area contributed by atoms with Crippen molar-refractivity contribution < 1.29 is 29.6 Å². The molecule has 0 saturated heterocycles. The number of carboxylic acids is 2. The van der Waals surface area contributed by atoms with Gasteiger partial charge in [-0.15, -0.1) is 0 Å². The monoisotopic (exact) mass is 286 g/mol. The van der Waals surface area contributed by atoms with E-state index in [0.29, 0.717) is 25.7 Å².